The summed E-state index contributed by atoms with van der Waals surface area (Å²) in [5.41, 5.74) is 1.02. The average molecular weight is 565 g/mol. The molecular formula is C28H44N4O8. The fourth-order valence-electron chi connectivity index (χ4n) is 4.68. The summed E-state index contributed by atoms with van der Waals surface area (Å²) in [6, 6.07) is 3.60. The van der Waals surface area contributed by atoms with Crippen molar-refractivity contribution in [3.63, 3.8) is 0 Å². The predicted molar refractivity (Wildman–Crippen MR) is 146 cm³/mol. The van der Waals surface area contributed by atoms with Crippen molar-refractivity contribution >= 4 is 18.1 Å². The molecule has 1 saturated heterocycles. The van der Waals surface area contributed by atoms with Crippen molar-refractivity contribution in [3.8, 4) is 5.88 Å². The summed E-state index contributed by atoms with van der Waals surface area (Å²) >= 11 is 0. The van der Waals surface area contributed by atoms with Crippen LogP contribution < -0.4 is 10.1 Å². The van der Waals surface area contributed by atoms with Crippen LogP contribution >= 0.6 is 0 Å². The van der Waals surface area contributed by atoms with Gasteiger partial charge in [0.2, 0.25) is 5.88 Å². The molecule has 0 spiro atoms. The second-order valence-electron chi connectivity index (χ2n) is 11.2. The summed E-state index contributed by atoms with van der Waals surface area (Å²) in [4.78, 5) is 46.2. The van der Waals surface area contributed by atoms with Crippen molar-refractivity contribution in [2.75, 3.05) is 47.6 Å². The van der Waals surface area contributed by atoms with E-state index in [1.807, 2.05) is 44.7 Å². The molecule has 0 aromatic carbocycles. The van der Waals surface area contributed by atoms with Crippen LogP contribution in [0.15, 0.2) is 12.1 Å². The Morgan fingerprint density at radius 1 is 1.18 bits per heavy atom. The van der Waals surface area contributed by atoms with Gasteiger partial charge in [-0.2, -0.15) is 0 Å². The fraction of sp³-hybridized carbons (Fsp3) is 0.714. The van der Waals surface area contributed by atoms with Crippen LogP contribution in [-0.4, -0.2) is 104 Å². The van der Waals surface area contributed by atoms with E-state index in [0.717, 1.165) is 24.1 Å². The molecule has 12 nitrogen and oxygen atoms in total. The lowest BCUT2D eigenvalue weighted by Gasteiger charge is -2.40. The van der Waals surface area contributed by atoms with Gasteiger partial charge in [-0.15, -0.1) is 0 Å². The Hall–Kier alpha value is -3.12. The third-order valence-electron chi connectivity index (χ3n) is 6.69. The molecule has 12 heteroatoms. The van der Waals surface area contributed by atoms with Crippen LogP contribution in [0.1, 0.15) is 64.3 Å². The van der Waals surface area contributed by atoms with E-state index < -0.39 is 30.0 Å². The molecule has 1 N–H and O–H groups in total. The number of aryl methyl sites for hydroxylation is 1. The Balaban J connectivity index is 1.79. The van der Waals surface area contributed by atoms with Crippen LogP contribution in [-0.2, 0) is 30.2 Å². The number of aromatic nitrogens is 1. The van der Waals surface area contributed by atoms with Crippen LogP contribution in [0.4, 0.5) is 9.59 Å². The number of pyridine rings is 1. The molecule has 0 radical (unpaired) electrons. The van der Waals surface area contributed by atoms with Crippen LogP contribution in [0.25, 0.3) is 0 Å². The maximum atomic E-state index is 14.0. The van der Waals surface area contributed by atoms with Crippen molar-refractivity contribution in [1.82, 2.24) is 20.1 Å². The Bertz CT molecular complexity index is 1030. The maximum absolute atomic E-state index is 14.0. The van der Waals surface area contributed by atoms with Crippen LogP contribution in [0.3, 0.4) is 0 Å². The molecule has 3 rings (SSSR count). The van der Waals surface area contributed by atoms with E-state index in [-0.39, 0.29) is 37.7 Å². The minimum Gasteiger partial charge on any atom is -0.481 e. The third-order valence-corrected chi connectivity index (χ3v) is 6.69. The van der Waals surface area contributed by atoms with Crippen LogP contribution in [0.2, 0.25) is 0 Å². The van der Waals surface area contributed by atoms with Gasteiger partial charge in [-0.3, -0.25) is 4.79 Å². The molecule has 3 atom stereocenters. The first-order valence-corrected chi connectivity index (χ1v) is 13.8. The topological polar surface area (TPSA) is 129 Å². The van der Waals surface area contributed by atoms with Gasteiger partial charge < -0.3 is 38.8 Å². The number of amides is 3. The monoisotopic (exact) mass is 564 g/mol. The maximum Gasteiger partial charge on any atom is 0.410 e. The largest absolute Gasteiger partial charge is 0.481 e. The highest BCUT2D eigenvalue weighted by atomic mass is 16.6. The zero-order valence-corrected chi connectivity index (χ0v) is 24.7. The highest BCUT2D eigenvalue weighted by molar-refractivity contribution is 5.83. The standard InChI is InChI=1S/C28H44N4O8/c1-18(19-13-20(30-24(14-19)37-6)9-8-12-29-26(34)38-7)32(21-10-11-21)25(33)23-16-31(15-22(39-23)17-36-5)27(35)40-28(2,3)4/h13-14,18,21-23H,8-12,15-17H2,1-7H3,(H,29,34)/t18-,22+,23-/m1/s1. The van der Waals surface area contributed by atoms with E-state index in [2.05, 4.69) is 15.0 Å². The second kappa shape index (κ2) is 14.0. The number of morpholine rings is 1. The quantitative estimate of drug-likeness (QED) is 0.403. The average Bonchev–Trinajstić information content (AvgIpc) is 3.75. The number of alkyl carbamates (subject to hydrolysis) is 1. The molecule has 2 fully saturated rings. The van der Waals surface area contributed by atoms with E-state index in [9.17, 15) is 14.4 Å². The second-order valence-corrected chi connectivity index (χ2v) is 11.2. The van der Waals surface area contributed by atoms with Crippen LogP contribution in [0, 0.1) is 0 Å². The van der Waals surface area contributed by atoms with Crippen molar-refractivity contribution in [1.29, 1.82) is 0 Å². The molecular weight excluding hydrogens is 520 g/mol. The highest BCUT2D eigenvalue weighted by Gasteiger charge is 2.43. The van der Waals surface area contributed by atoms with E-state index in [4.69, 9.17) is 18.9 Å². The summed E-state index contributed by atoms with van der Waals surface area (Å²) in [5, 5.41) is 2.66. The van der Waals surface area contributed by atoms with E-state index in [1.54, 1.807) is 14.2 Å². The van der Waals surface area contributed by atoms with Gasteiger partial charge in [-0.1, -0.05) is 0 Å². The fourth-order valence-corrected chi connectivity index (χ4v) is 4.68. The van der Waals surface area contributed by atoms with Gasteiger partial charge in [0.05, 0.1) is 46.1 Å². The highest BCUT2D eigenvalue weighted by Crippen LogP contribution is 2.36. The Labute approximate surface area is 236 Å². The summed E-state index contributed by atoms with van der Waals surface area (Å²) in [5.74, 6) is 0.276. The predicted octanol–water partition coefficient (Wildman–Crippen LogP) is 3.08. The van der Waals surface area contributed by atoms with Crippen molar-refractivity contribution in [2.24, 2.45) is 0 Å². The molecule has 1 aromatic heterocycles. The lowest BCUT2D eigenvalue weighted by atomic mass is 10.0. The number of methoxy groups -OCH3 is 3. The van der Waals surface area contributed by atoms with Gasteiger partial charge in [0.1, 0.15) is 5.60 Å². The van der Waals surface area contributed by atoms with Crippen molar-refractivity contribution < 1.29 is 38.1 Å². The number of hydrogen-bond donors (Lipinski definition) is 1. The number of ether oxygens (including phenoxy) is 5. The Kier molecular flexibility index (Phi) is 11.0. The van der Waals surface area contributed by atoms with Gasteiger partial charge in [-0.05, 0) is 65.0 Å². The molecule has 0 bridgehead atoms. The number of hydrogen-bond acceptors (Lipinski definition) is 9. The number of carbonyl (C=O) groups is 3. The number of rotatable bonds is 11. The zero-order valence-electron chi connectivity index (χ0n) is 24.7. The summed E-state index contributed by atoms with van der Waals surface area (Å²) in [6.07, 6.45) is 0.794. The van der Waals surface area contributed by atoms with E-state index >= 15 is 0 Å². The number of nitrogens with zero attached hydrogens (tertiary/aromatic N) is 3. The first kappa shape index (κ1) is 31.4. The Morgan fingerprint density at radius 3 is 2.50 bits per heavy atom. The van der Waals surface area contributed by atoms with E-state index in [0.29, 0.717) is 25.3 Å². The normalized spacial score (nSPS) is 19.9. The molecule has 1 aliphatic heterocycles. The van der Waals surface area contributed by atoms with E-state index in [1.165, 1.54) is 12.0 Å². The molecule has 2 aliphatic rings. The molecule has 2 heterocycles. The number of nitrogens with one attached hydrogen (secondary N) is 1. The zero-order chi connectivity index (χ0) is 29.4. The lowest BCUT2D eigenvalue weighted by Crippen LogP contribution is -2.57. The minimum absolute atomic E-state index is 0.0794. The van der Waals surface area contributed by atoms with Gasteiger partial charge in [-0.25, -0.2) is 14.6 Å². The van der Waals surface area contributed by atoms with Gasteiger partial charge in [0, 0.05) is 31.5 Å². The molecule has 1 aromatic rings. The molecule has 40 heavy (non-hydrogen) atoms. The first-order valence-electron chi connectivity index (χ1n) is 13.8. The van der Waals surface area contributed by atoms with Crippen molar-refractivity contribution in [3.05, 3.63) is 23.4 Å². The first-order chi connectivity index (χ1) is 18.9. The van der Waals surface area contributed by atoms with Gasteiger partial charge >= 0.3 is 12.2 Å². The molecule has 224 valence electrons. The van der Waals surface area contributed by atoms with Gasteiger partial charge in [0.15, 0.2) is 6.10 Å². The van der Waals surface area contributed by atoms with Crippen molar-refractivity contribution in [2.45, 2.75) is 83.3 Å². The molecule has 1 saturated carbocycles. The van der Waals surface area contributed by atoms with Gasteiger partial charge in [0.25, 0.3) is 5.91 Å². The Morgan fingerprint density at radius 2 is 1.90 bits per heavy atom. The summed E-state index contributed by atoms with van der Waals surface area (Å²) < 4.78 is 27.1. The SMILES string of the molecule is COC[C@@H]1CN(C(=O)OC(C)(C)C)C[C@H](C(=O)N(C2CC2)[C@H](C)c2cc(CCCNC(=O)OC)nc(OC)c2)O1. The van der Waals surface area contributed by atoms with Crippen LogP contribution in [0.5, 0.6) is 5.88 Å². The summed E-state index contributed by atoms with van der Waals surface area (Å²) in [6.45, 7) is 8.48. The minimum atomic E-state index is -0.850. The number of carbonyl (C=O) groups excluding carboxylic acids is 3. The molecule has 3 amide bonds. The molecule has 0 unspecified atom stereocenters. The molecule has 1 aliphatic carbocycles. The third kappa shape index (κ3) is 8.95. The lowest BCUT2D eigenvalue weighted by molar-refractivity contribution is -0.163. The smallest absolute Gasteiger partial charge is 0.410 e. The summed E-state index contributed by atoms with van der Waals surface area (Å²) in [7, 11) is 4.44.